The number of benzene rings is 6. The Morgan fingerprint density at radius 2 is 1.05 bits per heavy atom. The molecule has 8 rings (SSSR count). The number of imidazole rings is 2. The van der Waals surface area contributed by atoms with Crippen LogP contribution >= 0.6 is 76.5 Å². The molecule has 0 aliphatic rings. The van der Waals surface area contributed by atoms with Gasteiger partial charge in [0.05, 0.1) is 17.2 Å². The van der Waals surface area contributed by atoms with Gasteiger partial charge in [0.1, 0.15) is 27.8 Å². The predicted octanol–water partition coefficient (Wildman–Crippen LogP) is 14.1. The molecule has 13 heteroatoms. The summed E-state index contributed by atoms with van der Waals surface area (Å²) in [5.41, 5.74) is 6.07. The Morgan fingerprint density at radius 3 is 1.48 bits per heavy atom. The molecule has 0 aliphatic carbocycles. The number of rotatable bonds is 11. The summed E-state index contributed by atoms with van der Waals surface area (Å²) >= 11 is 30.0. The summed E-state index contributed by atoms with van der Waals surface area (Å²) in [5.74, 6) is 1.67. The zero-order valence-electron chi connectivity index (χ0n) is 35.1. The van der Waals surface area contributed by atoms with Crippen LogP contribution in [0.4, 0.5) is 0 Å². The second-order valence-electron chi connectivity index (χ2n) is 14.1. The number of aromatic amines is 1. The van der Waals surface area contributed by atoms with E-state index in [9.17, 15) is 9.59 Å². The van der Waals surface area contributed by atoms with Crippen LogP contribution in [0.2, 0.25) is 10.0 Å². The fourth-order valence-corrected chi connectivity index (χ4v) is 8.70. The van der Waals surface area contributed by atoms with E-state index in [4.69, 9.17) is 58.0 Å². The number of H-pyrrole nitrogens is 1. The number of hydrogen-bond acceptors (Lipinski definition) is 4. The molecule has 0 saturated heterocycles. The van der Waals surface area contributed by atoms with Crippen LogP contribution in [0.25, 0.3) is 0 Å². The summed E-state index contributed by atoms with van der Waals surface area (Å²) in [6.45, 7) is 4.02. The van der Waals surface area contributed by atoms with Gasteiger partial charge in [-0.25, -0.2) is 9.97 Å². The SMILES string of the molecule is C.C.CCc1nc(C=O)cn1C(c1ccccc1)(c1ccc(P)cc1)c1ccccc1Cl.CCc1ncc(C=O)[nH]1.ClCCl.Pc1ccc(C(Cl)(c2ccccc2)c2ccccc2Cl)cc1. The molecule has 0 saturated carbocycles. The second-order valence-corrected chi connectivity index (χ2v) is 17.6. The number of aldehydes is 2. The quantitative estimate of drug-likeness (QED) is 0.0606. The van der Waals surface area contributed by atoms with Crippen molar-refractivity contribution in [2.45, 2.75) is 52.0 Å². The minimum Gasteiger partial charge on any atom is -0.340 e. The molecule has 8 aromatic rings. The van der Waals surface area contributed by atoms with E-state index < -0.39 is 10.4 Å². The molecule has 0 spiro atoms. The Hall–Kier alpha value is -4.61. The summed E-state index contributed by atoms with van der Waals surface area (Å²) in [6, 6.07) is 52.4. The summed E-state index contributed by atoms with van der Waals surface area (Å²) < 4.78 is 2.10. The third-order valence-electron chi connectivity index (χ3n) is 10.2. The standard InChI is InChI=1S/C25H22ClN2OP.C19H15Cl2P.C6H8N2O.CH2Cl2.2CH4/c1-2-24-27-20(17-29)16-28(24)25(18-8-4-3-5-9-18,19-12-14-21(30)15-13-19)22-10-6-7-11-23(22)26;20-18-9-5-4-8-17(18)19(21,14-6-2-1-3-7-14)15-10-12-16(22)13-11-15;1-2-6-7-3-5(4-9)8-6;2-1-3;;/h3-17H,2,30H2,1H3;1-13H,22H2;3-4H,2H2,1H3,(H,7,8);1H2;2*1H4. The molecule has 6 nitrogen and oxygen atoms in total. The molecule has 2 aromatic heterocycles. The van der Waals surface area contributed by atoms with Crippen molar-refractivity contribution in [3.8, 4) is 0 Å². The fraction of sp³-hybridized carbons (Fsp3) is 0.170. The maximum absolute atomic E-state index is 11.6. The zero-order valence-corrected chi connectivity index (χ0v) is 41.2. The molecule has 66 heavy (non-hydrogen) atoms. The molecule has 344 valence electrons. The first-order valence-electron chi connectivity index (χ1n) is 20.2. The van der Waals surface area contributed by atoms with Crippen molar-refractivity contribution in [3.05, 3.63) is 237 Å². The number of halogens is 5. The smallest absolute Gasteiger partial charge is 0.170 e. The van der Waals surface area contributed by atoms with Crippen LogP contribution in [-0.2, 0) is 23.3 Å². The zero-order chi connectivity index (χ0) is 46.1. The first-order valence-corrected chi connectivity index (χ1v) is 23.5. The van der Waals surface area contributed by atoms with E-state index in [1.165, 1.54) is 6.20 Å². The molecule has 6 aromatic carbocycles. The topological polar surface area (TPSA) is 80.6 Å². The number of hydrogen-bond donors (Lipinski definition) is 1. The normalized spacial score (nSPS) is 12.0. The highest BCUT2D eigenvalue weighted by atomic mass is 35.5. The van der Waals surface area contributed by atoms with Gasteiger partial charge in [0, 0.05) is 40.2 Å². The van der Waals surface area contributed by atoms with Gasteiger partial charge in [-0.3, -0.25) is 9.59 Å². The fourth-order valence-electron chi connectivity index (χ4n) is 7.30. The first-order chi connectivity index (χ1) is 31.0. The van der Waals surface area contributed by atoms with E-state index in [0.717, 1.165) is 74.6 Å². The summed E-state index contributed by atoms with van der Waals surface area (Å²) in [6.07, 6.45) is 6.43. The van der Waals surface area contributed by atoms with Gasteiger partial charge in [-0.15, -0.1) is 53.3 Å². The van der Waals surface area contributed by atoms with Gasteiger partial charge in [0.2, 0.25) is 0 Å². The molecule has 4 atom stereocenters. The van der Waals surface area contributed by atoms with Crippen molar-refractivity contribution >= 4 is 99.7 Å². The lowest BCUT2D eigenvalue weighted by molar-refractivity contribution is 0.111. The number of aromatic nitrogens is 4. The number of alkyl halides is 3. The van der Waals surface area contributed by atoms with Crippen molar-refractivity contribution in [2.75, 3.05) is 5.34 Å². The average Bonchev–Trinajstić information content (AvgIpc) is 4.00. The van der Waals surface area contributed by atoms with Crippen LogP contribution in [0.1, 0.15) is 94.7 Å². The van der Waals surface area contributed by atoms with E-state index in [1.807, 2.05) is 141 Å². The lowest BCUT2D eigenvalue weighted by atomic mass is 9.76. The Labute approximate surface area is 419 Å². The van der Waals surface area contributed by atoms with Crippen molar-refractivity contribution in [2.24, 2.45) is 0 Å². The van der Waals surface area contributed by atoms with Gasteiger partial charge < -0.3 is 9.55 Å². The van der Waals surface area contributed by atoms with Crippen molar-refractivity contribution < 1.29 is 9.59 Å². The summed E-state index contributed by atoms with van der Waals surface area (Å²) in [5, 5.41) is 3.72. The highest BCUT2D eigenvalue weighted by molar-refractivity contribution is 7.27. The van der Waals surface area contributed by atoms with Gasteiger partial charge in [0.15, 0.2) is 12.6 Å². The maximum Gasteiger partial charge on any atom is 0.170 e. The third-order valence-corrected chi connectivity index (χ3v) is 12.3. The van der Waals surface area contributed by atoms with E-state index in [1.54, 1.807) is 0 Å². The molecular formula is C53H55Cl5N4O2P2. The molecule has 0 bridgehead atoms. The maximum atomic E-state index is 11.6. The molecule has 0 fully saturated rings. The van der Waals surface area contributed by atoms with Crippen LogP contribution in [0.3, 0.4) is 0 Å². The molecule has 1 N–H and O–H groups in total. The molecule has 2 heterocycles. The first kappa shape index (κ1) is 55.7. The van der Waals surface area contributed by atoms with E-state index in [0.29, 0.717) is 27.9 Å². The number of aryl methyl sites for hydroxylation is 2. The summed E-state index contributed by atoms with van der Waals surface area (Å²) in [4.78, 5) is 32.2. The van der Waals surface area contributed by atoms with Crippen molar-refractivity contribution in [1.29, 1.82) is 0 Å². The molecule has 0 radical (unpaired) electrons. The minimum atomic E-state index is -0.808. The van der Waals surface area contributed by atoms with E-state index in [-0.39, 0.29) is 20.2 Å². The largest absolute Gasteiger partial charge is 0.340 e. The van der Waals surface area contributed by atoms with Gasteiger partial charge in [0.25, 0.3) is 0 Å². The average molecular weight is 1020 g/mol. The Balaban J connectivity index is 0.000000281. The van der Waals surface area contributed by atoms with Gasteiger partial charge in [-0.05, 0) is 45.0 Å². The summed E-state index contributed by atoms with van der Waals surface area (Å²) in [7, 11) is 5.42. The van der Waals surface area contributed by atoms with Crippen LogP contribution < -0.4 is 10.6 Å². The van der Waals surface area contributed by atoms with Crippen molar-refractivity contribution in [1.82, 2.24) is 19.5 Å². The third kappa shape index (κ3) is 13.1. The van der Waals surface area contributed by atoms with Gasteiger partial charge in [-0.1, -0.05) is 197 Å². The number of carbonyl (C=O) groups is 2. The molecular weight excluding hydrogens is 964 g/mol. The molecule has 4 unspecified atom stereocenters. The highest BCUT2D eigenvalue weighted by Gasteiger charge is 2.41. The molecule has 0 amide bonds. The van der Waals surface area contributed by atoms with E-state index >= 15 is 0 Å². The minimum absolute atomic E-state index is 0. The Morgan fingerprint density at radius 1 is 0.606 bits per heavy atom. The number of nitrogens with one attached hydrogen (secondary N) is 1. The van der Waals surface area contributed by atoms with Gasteiger partial charge in [-0.2, -0.15) is 0 Å². The van der Waals surface area contributed by atoms with Gasteiger partial charge >= 0.3 is 0 Å². The van der Waals surface area contributed by atoms with Crippen LogP contribution in [0, 0.1) is 0 Å². The molecule has 0 aliphatic heterocycles. The van der Waals surface area contributed by atoms with Crippen molar-refractivity contribution in [3.63, 3.8) is 0 Å². The van der Waals surface area contributed by atoms with Crippen LogP contribution in [-0.4, -0.2) is 37.4 Å². The Kier molecular flexibility index (Phi) is 23.0. The van der Waals surface area contributed by atoms with Crippen LogP contribution in [0.5, 0.6) is 0 Å². The lowest BCUT2D eigenvalue weighted by Crippen LogP contribution is -2.39. The van der Waals surface area contributed by atoms with E-state index in [2.05, 4.69) is 74.4 Å². The second kappa shape index (κ2) is 27.3. The predicted molar refractivity (Wildman–Crippen MR) is 289 cm³/mol. The monoisotopic (exact) mass is 1020 g/mol. The number of nitrogens with zero attached hydrogens (tertiary/aromatic N) is 3. The Bertz CT molecular complexity index is 2700. The lowest BCUT2D eigenvalue weighted by Gasteiger charge is -2.39. The number of carbonyl (C=O) groups excluding carboxylic acids is 2. The highest BCUT2D eigenvalue weighted by Crippen LogP contribution is 2.46. The van der Waals surface area contributed by atoms with Crippen LogP contribution in [0.15, 0.2) is 170 Å².